The Balaban J connectivity index is 0.000000134. The first kappa shape index (κ1) is 60.2. The molecule has 104 heavy (non-hydrogen) atoms. The van der Waals surface area contributed by atoms with Gasteiger partial charge in [-0.15, -0.1) is 22.7 Å². The Labute approximate surface area is 610 Å². The zero-order chi connectivity index (χ0) is 68.8. The molecule has 20 aromatic rings. The molecule has 0 aliphatic heterocycles. The molecule has 0 spiro atoms. The molecule has 6 heteroatoms. The molecule has 4 nitrogen and oxygen atoms in total. The van der Waals surface area contributed by atoms with Crippen molar-refractivity contribution in [3.63, 3.8) is 0 Å². The molecule has 0 saturated carbocycles. The van der Waals surface area contributed by atoms with Crippen LogP contribution in [0.2, 0.25) is 0 Å². The first-order valence-electron chi connectivity index (χ1n) is 35.8. The van der Waals surface area contributed by atoms with Crippen LogP contribution in [-0.4, -0.2) is 19.1 Å². The van der Waals surface area contributed by atoms with Crippen LogP contribution in [0.4, 0.5) is 0 Å². The summed E-state index contributed by atoms with van der Waals surface area (Å²) >= 11 is 3.85. The highest BCUT2D eigenvalue weighted by atomic mass is 32.1. The van der Waals surface area contributed by atoms with E-state index < -0.39 is 0 Å². The lowest BCUT2D eigenvalue weighted by atomic mass is 9.74. The molecule has 14 aromatic carbocycles. The molecule has 6 heterocycles. The van der Waals surface area contributed by atoms with Crippen molar-refractivity contribution in [2.45, 2.75) is 24.7 Å². The molecule has 0 radical (unpaired) electrons. The van der Waals surface area contributed by atoms with Crippen LogP contribution < -0.4 is 0 Å². The Morgan fingerprint density at radius 3 is 1.12 bits per heavy atom. The SMILES string of the molecule is CC1(c2ccccc2)c2ccccc2-c2cc3c(cc21)sc1cc2c4ccccc4n(-c4cc(-c5ccccc5)nc(-c5ccccc5)c4)c2cc13.CC1(c2ccccc2)c2ccccc2-c2ccc3c(sc4cc5c6ccccc6n(-c6cc(-c7ccccc7)nc(-c7ccccc7)c6)c5cc43)c21. The Morgan fingerprint density at radius 2 is 0.625 bits per heavy atom. The molecule has 2 atom stereocenters. The standard InChI is InChI=1S/2C49H32N2S/c1-49(33-19-9-4-10-20-33)41-23-13-11-21-35(41)37-27-39-40-28-46-38(29-47(40)52-48(39)30-42(37)49)36-22-12-14-24-45(36)51(46)34-25-43(31-15-5-2-6-16-31)50-44(26-34)32-17-7-3-8-18-32;1-49(33-19-9-4-10-20-33)41-23-13-11-21-35(41)37-25-26-38-40-29-45-39(30-46(40)52-48(38)47(37)49)36-22-12-14-24-44(36)51(45)34-27-42(31-15-5-2-6-16-31)50-43(28-34)32-17-7-3-8-18-32/h2*2-30H,1H3. The zero-order valence-corrected chi connectivity index (χ0v) is 58.7. The first-order valence-corrected chi connectivity index (χ1v) is 37.4. The number of hydrogen-bond acceptors (Lipinski definition) is 4. The number of benzene rings is 14. The Hall–Kier alpha value is -12.6. The topological polar surface area (TPSA) is 35.6 Å². The van der Waals surface area contributed by atoms with Gasteiger partial charge in [-0.3, -0.25) is 0 Å². The summed E-state index contributed by atoms with van der Waals surface area (Å²) in [7, 11) is 0. The number of fused-ring (bicyclic) bond motifs is 19. The third kappa shape index (κ3) is 9.15. The molecule has 0 saturated heterocycles. The maximum Gasteiger partial charge on any atom is 0.0730 e. The molecule has 488 valence electrons. The quantitative estimate of drug-likeness (QED) is 0.152. The van der Waals surface area contributed by atoms with E-state index in [1.165, 1.54) is 140 Å². The van der Waals surface area contributed by atoms with Gasteiger partial charge in [0.05, 0.1) is 56.2 Å². The zero-order valence-electron chi connectivity index (χ0n) is 57.1. The van der Waals surface area contributed by atoms with E-state index in [0.717, 1.165) is 56.4 Å². The normalized spacial score (nSPS) is 15.1. The van der Waals surface area contributed by atoms with Gasteiger partial charge in [-0.05, 0) is 142 Å². The van der Waals surface area contributed by atoms with Crippen molar-refractivity contribution >= 4 is 107 Å². The smallest absolute Gasteiger partial charge is 0.0730 e. The van der Waals surface area contributed by atoms with Crippen LogP contribution in [0.5, 0.6) is 0 Å². The second kappa shape index (κ2) is 23.5. The number of nitrogens with zero attached hydrogens (tertiary/aromatic N) is 4. The fraction of sp³-hybridized carbons (Fsp3) is 0.0408. The maximum atomic E-state index is 5.20. The van der Waals surface area contributed by atoms with Gasteiger partial charge in [0.2, 0.25) is 0 Å². The summed E-state index contributed by atoms with van der Waals surface area (Å²) in [5.41, 5.74) is 28.3. The fourth-order valence-corrected chi connectivity index (χ4v) is 20.1. The number of thiophene rings is 2. The molecule has 2 aliphatic rings. The van der Waals surface area contributed by atoms with Gasteiger partial charge >= 0.3 is 0 Å². The summed E-state index contributed by atoms with van der Waals surface area (Å²) in [5, 5.41) is 10.3. The van der Waals surface area contributed by atoms with E-state index in [0.29, 0.717) is 0 Å². The highest BCUT2D eigenvalue weighted by Crippen LogP contribution is 2.58. The molecule has 0 N–H and O–H groups in total. The largest absolute Gasteiger partial charge is 0.309 e. The molecule has 0 bridgehead atoms. The minimum atomic E-state index is -0.256. The van der Waals surface area contributed by atoms with Crippen LogP contribution in [0, 0.1) is 0 Å². The number of pyridine rings is 2. The molecule has 0 fully saturated rings. The predicted molar refractivity (Wildman–Crippen MR) is 440 cm³/mol. The minimum Gasteiger partial charge on any atom is -0.309 e. The van der Waals surface area contributed by atoms with Crippen molar-refractivity contribution in [1.82, 2.24) is 19.1 Å². The summed E-state index contributed by atoms with van der Waals surface area (Å²) in [6, 6.07) is 128. The minimum absolute atomic E-state index is 0.219. The van der Waals surface area contributed by atoms with Crippen molar-refractivity contribution in [3.8, 4) is 78.7 Å². The van der Waals surface area contributed by atoms with Gasteiger partial charge in [0, 0.05) is 95.0 Å². The molecular weight excluding hydrogens is 1300 g/mol. The molecule has 6 aromatic heterocycles. The van der Waals surface area contributed by atoms with Crippen LogP contribution in [0.25, 0.3) is 163 Å². The molecule has 22 rings (SSSR count). The average molecular weight is 1360 g/mol. The Morgan fingerprint density at radius 1 is 0.250 bits per heavy atom. The van der Waals surface area contributed by atoms with Crippen molar-refractivity contribution < 1.29 is 0 Å². The number of rotatable bonds is 8. The lowest BCUT2D eigenvalue weighted by Crippen LogP contribution is -2.22. The van der Waals surface area contributed by atoms with E-state index >= 15 is 0 Å². The van der Waals surface area contributed by atoms with Crippen molar-refractivity contribution in [2.24, 2.45) is 0 Å². The number of para-hydroxylation sites is 2. The molecule has 0 amide bonds. The summed E-state index contributed by atoms with van der Waals surface area (Å²) in [5.74, 6) is 0. The lowest BCUT2D eigenvalue weighted by Gasteiger charge is -2.28. The van der Waals surface area contributed by atoms with E-state index in [9.17, 15) is 0 Å². The Bertz CT molecular complexity index is 6740. The van der Waals surface area contributed by atoms with E-state index in [-0.39, 0.29) is 10.8 Å². The first-order chi connectivity index (χ1) is 51.3. The third-order valence-corrected chi connectivity index (χ3v) is 24.8. The second-order valence-electron chi connectivity index (χ2n) is 28.1. The predicted octanol–water partition coefficient (Wildman–Crippen LogP) is 26.4. The van der Waals surface area contributed by atoms with Gasteiger partial charge in [0.15, 0.2) is 0 Å². The summed E-state index contributed by atoms with van der Waals surface area (Å²) in [6.07, 6.45) is 0. The van der Waals surface area contributed by atoms with Crippen molar-refractivity contribution in [2.75, 3.05) is 0 Å². The van der Waals surface area contributed by atoms with Gasteiger partial charge in [-0.1, -0.05) is 279 Å². The molecule has 2 unspecified atom stereocenters. The van der Waals surface area contributed by atoms with E-state index in [2.05, 4.69) is 375 Å². The summed E-state index contributed by atoms with van der Waals surface area (Å²) < 4.78 is 10.2. The number of hydrogen-bond donors (Lipinski definition) is 0. The van der Waals surface area contributed by atoms with E-state index in [4.69, 9.17) is 9.97 Å². The summed E-state index contributed by atoms with van der Waals surface area (Å²) in [6.45, 7) is 4.82. The summed E-state index contributed by atoms with van der Waals surface area (Å²) in [4.78, 5) is 10.4. The van der Waals surface area contributed by atoms with Crippen LogP contribution in [0.1, 0.15) is 47.2 Å². The van der Waals surface area contributed by atoms with Gasteiger partial charge in [-0.2, -0.15) is 0 Å². The van der Waals surface area contributed by atoms with Gasteiger partial charge < -0.3 is 9.13 Å². The van der Waals surface area contributed by atoms with Crippen molar-refractivity contribution in [1.29, 1.82) is 0 Å². The second-order valence-corrected chi connectivity index (χ2v) is 30.3. The van der Waals surface area contributed by atoms with Crippen LogP contribution in [0.3, 0.4) is 0 Å². The van der Waals surface area contributed by atoms with Gasteiger partial charge in [0.25, 0.3) is 0 Å². The highest BCUT2D eigenvalue weighted by Gasteiger charge is 2.44. The molecule has 2 aliphatic carbocycles. The monoisotopic (exact) mass is 1360 g/mol. The number of aromatic nitrogens is 4. The lowest BCUT2D eigenvalue weighted by molar-refractivity contribution is 0.715. The third-order valence-electron chi connectivity index (χ3n) is 22.5. The highest BCUT2D eigenvalue weighted by molar-refractivity contribution is 7.26. The average Bonchev–Trinajstić information content (AvgIpc) is 1.54. The Kier molecular flexibility index (Phi) is 13.6. The van der Waals surface area contributed by atoms with E-state index in [1.807, 2.05) is 22.7 Å². The maximum absolute atomic E-state index is 5.20. The van der Waals surface area contributed by atoms with Crippen molar-refractivity contribution in [3.05, 3.63) is 385 Å². The fourth-order valence-electron chi connectivity index (χ4n) is 17.6. The molecular formula is C98H64N4S2. The van der Waals surface area contributed by atoms with Gasteiger partial charge in [-0.25, -0.2) is 9.97 Å². The van der Waals surface area contributed by atoms with Crippen LogP contribution in [0.15, 0.2) is 352 Å². The van der Waals surface area contributed by atoms with Crippen LogP contribution in [-0.2, 0) is 10.8 Å². The van der Waals surface area contributed by atoms with Gasteiger partial charge in [0.1, 0.15) is 0 Å². The van der Waals surface area contributed by atoms with E-state index in [1.54, 1.807) is 0 Å². The van der Waals surface area contributed by atoms with Crippen LogP contribution >= 0.6 is 22.7 Å².